The Morgan fingerprint density at radius 1 is 1.14 bits per heavy atom. The molecular formula is C19H23ClN6OS. The van der Waals surface area contributed by atoms with Gasteiger partial charge in [-0.2, -0.15) is 4.98 Å². The number of thioether (sulfide) groups is 1. The van der Waals surface area contributed by atoms with Crippen molar-refractivity contribution in [3.63, 3.8) is 0 Å². The van der Waals surface area contributed by atoms with Crippen molar-refractivity contribution in [1.82, 2.24) is 24.9 Å². The minimum absolute atomic E-state index is 0.0476. The summed E-state index contributed by atoms with van der Waals surface area (Å²) in [6.07, 6.45) is 2.34. The van der Waals surface area contributed by atoms with Crippen LogP contribution in [0.3, 0.4) is 0 Å². The van der Waals surface area contributed by atoms with Gasteiger partial charge in [0.15, 0.2) is 11.0 Å². The Morgan fingerprint density at radius 3 is 2.61 bits per heavy atom. The van der Waals surface area contributed by atoms with Crippen LogP contribution in [0.25, 0.3) is 5.69 Å². The number of rotatable bonds is 6. The number of nitrogens with zero attached hydrogens (tertiary/aromatic N) is 6. The zero-order valence-electron chi connectivity index (χ0n) is 16.2. The summed E-state index contributed by atoms with van der Waals surface area (Å²) in [5.41, 5.74) is 0.947. The molecule has 0 aliphatic carbocycles. The summed E-state index contributed by atoms with van der Waals surface area (Å²) in [6.45, 7) is 8.10. The molecule has 0 radical (unpaired) electrons. The first-order valence-electron chi connectivity index (χ1n) is 9.49. The maximum Gasteiger partial charge on any atom is 0.239 e. The predicted molar refractivity (Wildman–Crippen MR) is 110 cm³/mol. The van der Waals surface area contributed by atoms with E-state index in [4.69, 9.17) is 16.1 Å². The van der Waals surface area contributed by atoms with E-state index in [1.165, 1.54) is 12.8 Å². The molecule has 3 aromatic rings. The fourth-order valence-corrected chi connectivity index (χ4v) is 4.23. The molecule has 28 heavy (non-hydrogen) atoms. The monoisotopic (exact) mass is 418 g/mol. The minimum Gasteiger partial charge on any atom is -0.341 e. The predicted octanol–water partition coefficient (Wildman–Crippen LogP) is 4.88. The van der Waals surface area contributed by atoms with Gasteiger partial charge in [-0.25, -0.2) is 0 Å². The van der Waals surface area contributed by atoms with Crippen LogP contribution in [0.2, 0.25) is 5.02 Å². The molecule has 1 aromatic carbocycles. The summed E-state index contributed by atoms with van der Waals surface area (Å²) >= 11 is 7.80. The van der Waals surface area contributed by atoms with Crippen LogP contribution in [0.15, 0.2) is 33.9 Å². The Bertz CT molecular complexity index is 950. The summed E-state index contributed by atoms with van der Waals surface area (Å²) in [7, 11) is 0. The third kappa shape index (κ3) is 3.89. The van der Waals surface area contributed by atoms with Crippen LogP contribution in [0.5, 0.6) is 0 Å². The molecule has 4 rings (SSSR count). The first kappa shape index (κ1) is 19.3. The van der Waals surface area contributed by atoms with Crippen molar-refractivity contribution >= 4 is 29.3 Å². The third-order valence-electron chi connectivity index (χ3n) is 4.68. The quantitative estimate of drug-likeness (QED) is 0.528. The molecule has 7 nitrogen and oxygen atoms in total. The first-order chi connectivity index (χ1) is 13.5. The summed E-state index contributed by atoms with van der Waals surface area (Å²) < 4.78 is 7.53. The number of aromatic nitrogens is 5. The van der Waals surface area contributed by atoms with E-state index in [1.807, 2.05) is 45.0 Å². The van der Waals surface area contributed by atoms with Crippen molar-refractivity contribution in [2.24, 2.45) is 0 Å². The second-order valence-electron chi connectivity index (χ2n) is 7.20. The highest BCUT2D eigenvalue weighted by molar-refractivity contribution is 7.99. The molecule has 1 aliphatic rings. The molecule has 0 amide bonds. The molecule has 0 bridgehead atoms. The SMILES string of the molecule is CC(C)c1noc([C@H](C)Sc2nnc(N3CCCC3)n2-c2cccc(Cl)c2)n1. The fraction of sp³-hybridized carbons (Fsp3) is 0.474. The van der Waals surface area contributed by atoms with Crippen LogP contribution in [0.1, 0.15) is 56.5 Å². The van der Waals surface area contributed by atoms with Crippen molar-refractivity contribution in [1.29, 1.82) is 0 Å². The number of hydrogen-bond acceptors (Lipinski definition) is 7. The van der Waals surface area contributed by atoms with Crippen molar-refractivity contribution in [2.75, 3.05) is 18.0 Å². The van der Waals surface area contributed by atoms with Gasteiger partial charge in [-0.1, -0.05) is 48.4 Å². The van der Waals surface area contributed by atoms with Crippen LogP contribution in [-0.4, -0.2) is 38.0 Å². The third-order valence-corrected chi connectivity index (χ3v) is 5.94. The van der Waals surface area contributed by atoms with Gasteiger partial charge in [-0.3, -0.25) is 4.57 Å². The largest absolute Gasteiger partial charge is 0.341 e. The van der Waals surface area contributed by atoms with E-state index in [0.29, 0.717) is 10.9 Å². The Kier molecular flexibility index (Phi) is 5.59. The highest BCUT2D eigenvalue weighted by Crippen LogP contribution is 2.37. The number of hydrogen-bond donors (Lipinski definition) is 0. The normalized spacial score (nSPS) is 15.5. The Balaban J connectivity index is 1.68. The zero-order valence-corrected chi connectivity index (χ0v) is 17.7. The second kappa shape index (κ2) is 8.13. The molecule has 0 saturated carbocycles. The van der Waals surface area contributed by atoms with Crippen molar-refractivity contribution in [3.05, 3.63) is 41.0 Å². The molecule has 1 fully saturated rings. The smallest absolute Gasteiger partial charge is 0.239 e. The van der Waals surface area contributed by atoms with Gasteiger partial charge in [0.1, 0.15) is 0 Å². The van der Waals surface area contributed by atoms with Gasteiger partial charge in [0.25, 0.3) is 0 Å². The lowest BCUT2D eigenvalue weighted by molar-refractivity contribution is 0.373. The van der Waals surface area contributed by atoms with E-state index in [1.54, 1.807) is 11.8 Å². The summed E-state index contributed by atoms with van der Waals surface area (Å²) in [6, 6.07) is 7.76. The topological polar surface area (TPSA) is 72.9 Å². The number of anilines is 1. The summed E-state index contributed by atoms with van der Waals surface area (Å²) in [5, 5.41) is 14.5. The van der Waals surface area contributed by atoms with Gasteiger partial charge in [-0.05, 0) is 38.0 Å². The van der Waals surface area contributed by atoms with E-state index in [-0.39, 0.29) is 11.2 Å². The van der Waals surface area contributed by atoms with E-state index >= 15 is 0 Å². The second-order valence-corrected chi connectivity index (χ2v) is 8.94. The van der Waals surface area contributed by atoms with Crippen molar-refractivity contribution in [3.8, 4) is 5.69 Å². The molecule has 3 heterocycles. The van der Waals surface area contributed by atoms with Crippen LogP contribution >= 0.6 is 23.4 Å². The van der Waals surface area contributed by atoms with Gasteiger partial charge in [0, 0.05) is 24.0 Å². The minimum atomic E-state index is -0.0476. The van der Waals surface area contributed by atoms with Crippen molar-refractivity contribution < 1.29 is 4.52 Å². The molecule has 2 aromatic heterocycles. The lowest BCUT2D eigenvalue weighted by Gasteiger charge is -2.19. The fourth-order valence-electron chi connectivity index (χ4n) is 3.16. The van der Waals surface area contributed by atoms with Crippen LogP contribution in [-0.2, 0) is 0 Å². The molecule has 1 aliphatic heterocycles. The van der Waals surface area contributed by atoms with Crippen LogP contribution in [0, 0.1) is 0 Å². The maximum atomic E-state index is 6.25. The summed E-state index contributed by atoms with van der Waals surface area (Å²) in [4.78, 5) is 6.79. The standard InChI is InChI=1S/C19H23ClN6OS/c1-12(2)16-21-17(27-24-16)13(3)28-19-23-22-18(25-9-4-5-10-25)26(19)15-8-6-7-14(20)11-15/h6-8,11-13H,4-5,9-10H2,1-3H3/t13-/m0/s1. The lowest BCUT2D eigenvalue weighted by Crippen LogP contribution is -2.22. The Labute approximate surface area is 173 Å². The van der Waals surface area contributed by atoms with Gasteiger partial charge in [0.2, 0.25) is 11.8 Å². The average molecular weight is 419 g/mol. The Hall–Kier alpha value is -2.06. The van der Waals surface area contributed by atoms with E-state index in [2.05, 4.69) is 29.8 Å². The van der Waals surface area contributed by atoms with Gasteiger partial charge in [0.05, 0.1) is 10.9 Å². The Morgan fingerprint density at radius 2 is 1.93 bits per heavy atom. The molecule has 1 saturated heterocycles. The lowest BCUT2D eigenvalue weighted by atomic mass is 10.2. The zero-order chi connectivity index (χ0) is 19.7. The van der Waals surface area contributed by atoms with E-state index in [0.717, 1.165) is 35.7 Å². The first-order valence-corrected chi connectivity index (χ1v) is 10.7. The van der Waals surface area contributed by atoms with Gasteiger partial charge >= 0.3 is 0 Å². The van der Waals surface area contributed by atoms with E-state index in [9.17, 15) is 0 Å². The van der Waals surface area contributed by atoms with Crippen LogP contribution in [0.4, 0.5) is 5.95 Å². The number of halogens is 1. The summed E-state index contributed by atoms with van der Waals surface area (Å²) in [5.74, 6) is 2.39. The molecule has 1 atom stereocenters. The molecular weight excluding hydrogens is 396 g/mol. The van der Waals surface area contributed by atoms with Crippen molar-refractivity contribution in [2.45, 2.75) is 49.9 Å². The molecule has 9 heteroatoms. The molecule has 148 valence electrons. The van der Waals surface area contributed by atoms with Gasteiger partial charge in [-0.15, -0.1) is 10.2 Å². The highest BCUT2D eigenvalue weighted by Gasteiger charge is 2.25. The number of benzene rings is 1. The highest BCUT2D eigenvalue weighted by atomic mass is 35.5. The molecule has 0 N–H and O–H groups in total. The van der Waals surface area contributed by atoms with E-state index < -0.39 is 0 Å². The van der Waals surface area contributed by atoms with Gasteiger partial charge < -0.3 is 9.42 Å². The molecule has 0 spiro atoms. The molecule has 0 unspecified atom stereocenters. The average Bonchev–Trinajstić information content (AvgIpc) is 3.41. The maximum absolute atomic E-state index is 6.25. The van der Waals surface area contributed by atoms with Crippen LogP contribution < -0.4 is 4.90 Å².